The van der Waals surface area contributed by atoms with Gasteiger partial charge in [-0.3, -0.25) is 0 Å². The summed E-state index contributed by atoms with van der Waals surface area (Å²) in [6.45, 7) is 0. The van der Waals surface area contributed by atoms with Crippen LogP contribution in [0.4, 0.5) is 5.69 Å². The van der Waals surface area contributed by atoms with Gasteiger partial charge in [0.15, 0.2) is 0 Å². The van der Waals surface area contributed by atoms with E-state index in [4.69, 9.17) is 0 Å². The van der Waals surface area contributed by atoms with Gasteiger partial charge in [0.1, 0.15) is 11.7 Å². The second-order valence-corrected chi connectivity index (χ2v) is 5.27. The molecule has 1 fully saturated rings. The van der Waals surface area contributed by atoms with E-state index in [-0.39, 0.29) is 0 Å². The maximum Gasteiger partial charge on any atom is 0.140 e. The zero-order valence-corrected chi connectivity index (χ0v) is 11.2. The summed E-state index contributed by atoms with van der Waals surface area (Å²) < 4.78 is 0. The molecule has 1 N–H and O–H groups in total. The fourth-order valence-electron chi connectivity index (χ4n) is 3.09. The summed E-state index contributed by atoms with van der Waals surface area (Å²) in [6.07, 6.45) is 10.0. The van der Waals surface area contributed by atoms with Crippen LogP contribution in [0, 0.1) is 11.3 Å². The molecule has 0 bridgehead atoms. The zero-order valence-electron chi connectivity index (χ0n) is 11.2. The predicted octanol–water partition coefficient (Wildman–Crippen LogP) is 3.20. The Morgan fingerprint density at radius 3 is 2.89 bits per heavy atom. The smallest absolute Gasteiger partial charge is 0.140 e. The minimum atomic E-state index is 0.584. The van der Waals surface area contributed by atoms with Crippen LogP contribution >= 0.6 is 0 Å². The van der Waals surface area contributed by atoms with Gasteiger partial charge in [-0.1, -0.05) is 19.3 Å². The Labute approximate surface area is 113 Å². The van der Waals surface area contributed by atoms with Gasteiger partial charge in [-0.15, -0.1) is 0 Å². The molecule has 1 aliphatic rings. The van der Waals surface area contributed by atoms with Crippen molar-refractivity contribution in [3.05, 3.63) is 24.0 Å². The van der Waals surface area contributed by atoms with Crippen LogP contribution in [0.2, 0.25) is 0 Å². The van der Waals surface area contributed by atoms with Crippen LogP contribution < -0.4 is 4.90 Å². The first kappa shape index (κ1) is 12.0. The average molecular weight is 254 g/mol. The molecule has 0 aliphatic heterocycles. The number of H-pyrrole nitrogens is 1. The number of nitriles is 1. The topological polar surface area (TPSA) is 55.7 Å². The van der Waals surface area contributed by atoms with Crippen molar-refractivity contribution in [3.8, 4) is 6.07 Å². The minimum absolute atomic E-state index is 0.584. The number of fused-ring (bicyclic) bond motifs is 1. The van der Waals surface area contributed by atoms with Crippen molar-refractivity contribution >= 4 is 16.7 Å². The van der Waals surface area contributed by atoms with Crippen molar-refractivity contribution in [1.82, 2.24) is 9.97 Å². The van der Waals surface area contributed by atoms with Gasteiger partial charge in [-0.05, 0) is 18.9 Å². The molecule has 0 aromatic carbocycles. The molecule has 4 heteroatoms. The molecule has 0 radical (unpaired) electrons. The molecular formula is C15H18N4. The molecular weight excluding hydrogens is 236 g/mol. The van der Waals surface area contributed by atoms with Crippen molar-refractivity contribution in [2.24, 2.45) is 0 Å². The van der Waals surface area contributed by atoms with E-state index in [1.165, 1.54) is 32.1 Å². The lowest BCUT2D eigenvalue weighted by Gasteiger charge is -2.33. The first-order valence-corrected chi connectivity index (χ1v) is 6.90. The zero-order chi connectivity index (χ0) is 13.2. The Kier molecular flexibility index (Phi) is 3.12. The van der Waals surface area contributed by atoms with E-state index in [2.05, 4.69) is 28.0 Å². The number of hydrogen-bond acceptors (Lipinski definition) is 3. The largest absolute Gasteiger partial charge is 0.371 e. The van der Waals surface area contributed by atoms with Crippen LogP contribution in [-0.4, -0.2) is 23.1 Å². The van der Waals surface area contributed by atoms with Gasteiger partial charge in [0, 0.05) is 25.5 Å². The summed E-state index contributed by atoms with van der Waals surface area (Å²) >= 11 is 0. The number of nitrogens with one attached hydrogen (secondary N) is 1. The highest BCUT2D eigenvalue weighted by Crippen LogP contribution is 2.32. The second kappa shape index (κ2) is 4.93. The normalized spacial score (nSPS) is 16.4. The van der Waals surface area contributed by atoms with Crippen LogP contribution in [0.15, 0.2) is 18.5 Å². The number of anilines is 1. The number of pyridine rings is 1. The van der Waals surface area contributed by atoms with E-state index >= 15 is 0 Å². The van der Waals surface area contributed by atoms with Crippen molar-refractivity contribution in [3.63, 3.8) is 0 Å². The van der Waals surface area contributed by atoms with Crippen molar-refractivity contribution in [1.29, 1.82) is 5.26 Å². The minimum Gasteiger partial charge on any atom is -0.371 e. The summed E-state index contributed by atoms with van der Waals surface area (Å²) in [5.74, 6) is 0. The Balaban J connectivity index is 2.04. The molecule has 0 atom stereocenters. The van der Waals surface area contributed by atoms with Gasteiger partial charge in [-0.2, -0.15) is 5.26 Å². The predicted molar refractivity (Wildman–Crippen MR) is 76.1 cm³/mol. The van der Waals surface area contributed by atoms with E-state index in [0.717, 1.165) is 16.7 Å². The SMILES string of the molecule is CN(c1ccnc2[nH]cc(C#N)c12)C1CCCCC1. The monoisotopic (exact) mass is 254 g/mol. The third kappa shape index (κ3) is 2.06. The molecule has 4 nitrogen and oxygen atoms in total. The van der Waals surface area contributed by atoms with Crippen molar-refractivity contribution in [2.45, 2.75) is 38.1 Å². The number of hydrogen-bond donors (Lipinski definition) is 1. The summed E-state index contributed by atoms with van der Waals surface area (Å²) in [5.41, 5.74) is 2.60. The first-order valence-electron chi connectivity index (χ1n) is 6.90. The van der Waals surface area contributed by atoms with E-state index in [0.29, 0.717) is 11.6 Å². The van der Waals surface area contributed by atoms with Gasteiger partial charge in [-0.25, -0.2) is 4.98 Å². The third-order valence-electron chi connectivity index (χ3n) is 4.17. The van der Waals surface area contributed by atoms with E-state index in [1.807, 2.05) is 12.3 Å². The molecule has 2 aromatic rings. The lowest BCUT2D eigenvalue weighted by Crippen LogP contribution is -2.33. The third-order valence-corrected chi connectivity index (χ3v) is 4.17. The Bertz CT molecular complexity index is 617. The van der Waals surface area contributed by atoms with E-state index < -0.39 is 0 Å². The molecule has 19 heavy (non-hydrogen) atoms. The summed E-state index contributed by atoms with van der Waals surface area (Å²) in [5, 5.41) is 10.2. The van der Waals surface area contributed by atoms with Crippen LogP contribution in [0.3, 0.4) is 0 Å². The summed E-state index contributed by atoms with van der Waals surface area (Å²) in [4.78, 5) is 9.71. The molecule has 0 unspecified atom stereocenters. The highest BCUT2D eigenvalue weighted by Gasteiger charge is 2.21. The highest BCUT2D eigenvalue weighted by atomic mass is 15.1. The fourth-order valence-corrected chi connectivity index (χ4v) is 3.09. The fraction of sp³-hybridized carbons (Fsp3) is 0.467. The van der Waals surface area contributed by atoms with Crippen LogP contribution in [0.25, 0.3) is 11.0 Å². The average Bonchev–Trinajstić information content (AvgIpc) is 2.90. The molecule has 2 heterocycles. The molecule has 0 spiro atoms. The molecule has 1 aliphatic carbocycles. The highest BCUT2D eigenvalue weighted by molar-refractivity contribution is 5.94. The number of aromatic amines is 1. The van der Waals surface area contributed by atoms with Crippen LogP contribution in [0.1, 0.15) is 37.7 Å². The standard InChI is InChI=1S/C15H18N4/c1-19(12-5-3-2-4-6-12)13-7-8-17-15-14(13)11(9-16)10-18-15/h7-8,10,12H,2-6H2,1H3,(H,17,18). The molecule has 0 saturated heterocycles. The Morgan fingerprint density at radius 1 is 1.37 bits per heavy atom. The Hall–Kier alpha value is -2.02. The van der Waals surface area contributed by atoms with E-state index in [1.54, 1.807) is 6.20 Å². The number of rotatable bonds is 2. The maximum atomic E-state index is 9.22. The molecule has 0 amide bonds. The molecule has 1 saturated carbocycles. The van der Waals surface area contributed by atoms with E-state index in [9.17, 15) is 5.26 Å². The van der Waals surface area contributed by atoms with Crippen molar-refractivity contribution < 1.29 is 0 Å². The lowest BCUT2D eigenvalue weighted by molar-refractivity contribution is 0.428. The van der Waals surface area contributed by atoms with Crippen LogP contribution in [-0.2, 0) is 0 Å². The van der Waals surface area contributed by atoms with Gasteiger partial charge >= 0.3 is 0 Å². The number of nitrogens with zero attached hydrogens (tertiary/aromatic N) is 3. The molecule has 2 aromatic heterocycles. The van der Waals surface area contributed by atoms with Gasteiger partial charge < -0.3 is 9.88 Å². The Morgan fingerprint density at radius 2 is 2.16 bits per heavy atom. The summed E-state index contributed by atoms with van der Waals surface area (Å²) in [7, 11) is 2.14. The quantitative estimate of drug-likeness (QED) is 0.895. The first-order chi connectivity index (χ1) is 9.31. The number of aromatic nitrogens is 2. The van der Waals surface area contributed by atoms with Gasteiger partial charge in [0.05, 0.1) is 16.6 Å². The van der Waals surface area contributed by atoms with Crippen molar-refractivity contribution in [2.75, 3.05) is 11.9 Å². The summed E-state index contributed by atoms with van der Waals surface area (Å²) in [6, 6.07) is 4.85. The molecule has 3 rings (SSSR count). The lowest BCUT2D eigenvalue weighted by atomic mass is 9.94. The van der Waals surface area contributed by atoms with Gasteiger partial charge in [0.2, 0.25) is 0 Å². The maximum absolute atomic E-state index is 9.22. The molecule has 98 valence electrons. The van der Waals surface area contributed by atoms with Crippen LogP contribution in [0.5, 0.6) is 0 Å². The second-order valence-electron chi connectivity index (χ2n) is 5.27. The van der Waals surface area contributed by atoms with Gasteiger partial charge in [0.25, 0.3) is 0 Å².